The van der Waals surface area contributed by atoms with Gasteiger partial charge in [0.05, 0.1) is 23.5 Å². The maximum absolute atomic E-state index is 11.3. The largest absolute Gasteiger partial charge is 0.487 e. The molecule has 0 aliphatic heterocycles. The van der Waals surface area contributed by atoms with Gasteiger partial charge < -0.3 is 20.1 Å². The number of carbonyl (C=O) groups excluding carboxylic acids is 1. The highest BCUT2D eigenvalue weighted by molar-refractivity contribution is 5.94. The Morgan fingerprint density at radius 3 is 2.39 bits per heavy atom. The van der Waals surface area contributed by atoms with Crippen molar-refractivity contribution in [3.63, 3.8) is 0 Å². The minimum atomic E-state index is -0.934. The first-order valence-electron chi connectivity index (χ1n) is 10.7. The fraction of sp³-hybridized carbons (Fsp3) is 0.192. The lowest BCUT2D eigenvalue weighted by molar-refractivity contribution is -0.118. The molecule has 0 saturated heterocycles. The van der Waals surface area contributed by atoms with E-state index in [0.717, 1.165) is 34.5 Å². The Morgan fingerprint density at radius 1 is 1.03 bits per heavy atom. The number of ether oxygens (including phenoxy) is 1. The van der Waals surface area contributed by atoms with Crippen LogP contribution in [0.1, 0.15) is 41.5 Å². The number of pyridine rings is 1. The molecule has 2 aromatic heterocycles. The Labute approximate surface area is 192 Å². The summed E-state index contributed by atoms with van der Waals surface area (Å²) in [6.07, 6.45) is 3.14. The van der Waals surface area contributed by atoms with E-state index in [1.54, 1.807) is 18.3 Å². The van der Waals surface area contributed by atoms with Gasteiger partial charge in [-0.1, -0.05) is 31.2 Å². The molecule has 0 saturated carbocycles. The number of nitrogens with two attached hydrogens (primary N) is 1. The van der Waals surface area contributed by atoms with Crippen molar-refractivity contribution >= 4 is 22.8 Å². The van der Waals surface area contributed by atoms with Gasteiger partial charge in [0.15, 0.2) is 0 Å². The lowest BCUT2D eigenvalue weighted by Gasteiger charge is -2.12. The van der Waals surface area contributed by atoms with Crippen LogP contribution in [0, 0.1) is 0 Å². The highest BCUT2D eigenvalue weighted by Crippen LogP contribution is 2.24. The van der Waals surface area contributed by atoms with E-state index < -0.39 is 5.97 Å². The lowest BCUT2D eigenvalue weighted by atomic mass is 10.1. The molecule has 170 valence electrons. The van der Waals surface area contributed by atoms with Crippen LogP contribution < -0.4 is 10.5 Å². The molecule has 0 spiro atoms. The van der Waals surface area contributed by atoms with Crippen LogP contribution in [0.25, 0.3) is 10.9 Å². The van der Waals surface area contributed by atoms with Gasteiger partial charge in [0.25, 0.3) is 0 Å². The first-order chi connectivity index (χ1) is 16.0. The summed E-state index contributed by atoms with van der Waals surface area (Å²) >= 11 is 0. The molecule has 0 aliphatic carbocycles. The first-order valence-corrected chi connectivity index (χ1v) is 10.7. The predicted octanol–water partition coefficient (Wildman–Crippen LogP) is 4.63. The van der Waals surface area contributed by atoms with Crippen molar-refractivity contribution in [2.75, 3.05) is 0 Å². The van der Waals surface area contributed by atoms with Crippen molar-refractivity contribution in [3.05, 3.63) is 95.9 Å². The molecule has 3 N–H and O–H groups in total. The fourth-order valence-corrected chi connectivity index (χ4v) is 3.34. The molecule has 4 aromatic rings. The van der Waals surface area contributed by atoms with Crippen LogP contribution in [0.3, 0.4) is 0 Å². The van der Waals surface area contributed by atoms with Gasteiger partial charge >= 0.3 is 5.97 Å². The normalized spacial score (nSPS) is 10.3. The van der Waals surface area contributed by atoms with E-state index in [1.807, 2.05) is 67.6 Å². The van der Waals surface area contributed by atoms with Gasteiger partial charge in [-0.15, -0.1) is 0 Å². The van der Waals surface area contributed by atoms with Crippen LogP contribution in [0.2, 0.25) is 0 Å². The Morgan fingerprint density at radius 2 is 1.79 bits per heavy atom. The molecule has 2 aromatic carbocycles. The van der Waals surface area contributed by atoms with E-state index in [-0.39, 0.29) is 11.5 Å². The maximum Gasteiger partial charge on any atom is 0.335 e. The zero-order valence-corrected chi connectivity index (χ0v) is 18.5. The summed E-state index contributed by atoms with van der Waals surface area (Å²) in [5.41, 5.74) is 7.88. The molecule has 0 bridgehead atoms. The second-order valence-corrected chi connectivity index (χ2v) is 7.44. The average molecular weight is 446 g/mol. The number of aromatic carboxylic acids is 1. The van der Waals surface area contributed by atoms with E-state index >= 15 is 0 Å². The molecule has 7 nitrogen and oxygen atoms in total. The topological polar surface area (TPSA) is 107 Å². The third-order valence-corrected chi connectivity index (χ3v) is 4.91. The quantitative estimate of drug-likeness (QED) is 0.411. The van der Waals surface area contributed by atoms with Crippen molar-refractivity contribution in [1.82, 2.24) is 9.55 Å². The van der Waals surface area contributed by atoms with Crippen molar-refractivity contribution < 1.29 is 19.4 Å². The van der Waals surface area contributed by atoms with Crippen LogP contribution in [-0.4, -0.2) is 26.5 Å². The van der Waals surface area contributed by atoms with E-state index in [9.17, 15) is 14.7 Å². The number of primary amides is 1. The van der Waals surface area contributed by atoms with Gasteiger partial charge in [-0.25, -0.2) is 4.79 Å². The highest BCUT2D eigenvalue weighted by atomic mass is 16.5. The SMILES string of the molecule is CCCC(N)=O.O=C(O)c1ccc2c(c1)cc(COc1ccccc1)n2Cc1ccccn1. The third kappa shape index (κ3) is 6.67. The van der Waals surface area contributed by atoms with Gasteiger partial charge in [-0.05, 0) is 55.0 Å². The second-order valence-electron chi connectivity index (χ2n) is 7.44. The van der Waals surface area contributed by atoms with E-state index in [2.05, 4.69) is 9.55 Å². The van der Waals surface area contributed by atoms with Gasteiger partial charge in [0.1, 0.15) is 12.4 Å². The summed E-state index contributed by atoms with van der Waals surface area (Å²) in [6.45, 7) is 2.89. The highest BCUT2D eigenvalue weighted by Gasteiger charge is 2.13. The molecule has 33 heavy (non-hydrogen) atoms. The molecule has 0 fully saturated rings. The number of rotatable bonds is 8. The molecule has 0 aliphatic rings. The Kier molecular flexibility index (Phi) is 8.18. The number of amides is 1. The van der Waals surface area contributed by atoms with Gasteiger partial charge in [-0.2, -0.15) is 0 Å². The molecule has 2 heterocycles. The Balaban J connectivity index is 0.000000454. The standard InChI is InChI=1S/C22H18N2O3.C4H9NO/c25-22(26)16-9-10-21-17(12-16)13-19(15-27-20-7-2-1-3-8-20)24(21)14-18-6-4-5-11-23-18;1-2-3-4(5)6/h1-13H,14-15H2,(H,25,26);2-3H2,1H3,(H2,5,6). The maximum atomic E-state index is 11.3. The minimum Gasteiger partial charge on any atom is -0.487 e. The monoisotopic (exact) mass is 445 g/mol. The number of aromatic nitrogens is 2. The number of nitrogens with zero attached hydrogens (tertiary/aromatic N) is 2. The van der Waals surface area contributed by atoms with Crippen molar-refractivity contribution in [2.45, 2.75) is 32.9 Å². The molecular formula is C26H27N3O4. The average Bonchev–Trinajstić information content (AvgIpc) is 3.16. The van der Waals surface area contributed by atoms with Crippen LogP contribution >= 0.6 is 0 Å². The Bertz CT molecular complexity index is 1200. The van der Waals surface area contributed by atoms with Crippen LogP contribution in [0.4, 0.5) is 0 Å². The summed E-state index contributed by atoms with van der Waals surface area (Å²) in [7, 11) is 0. The minimum absolute atomic E-state index is 0.211. The number of para-hydroxylation sites is 1. The fourth-order valence-electron chi connectivity index (χ4n) is 3.34. The summed E-state index contributed by atoms with van der Waals surface area (Å²) in [6, 6.07) is 22.6. The van der Waals surface area contributed by atoms with Crippen LogP contribution in [0.5, 0.6) is 5.75 Å². The third-order valence-electron chi connectivity index (χ3n) is 4.91. The molecule has 4 rings (SSSR count). The number of hydrogen-bond donors (Lipinski definition) is 2. The molecule has 0 unspecified atom stereocenters. The van der Waals surface area contributed by atoms with Gasteiger partial charge in [-0.3, -0.25) is 9.78 Å². The van der Waals surface area contributed by atoms with Crippen LogP contribution in [0.15, 0.2) is 79.0 Å². The molecule has 1 amide bonds. The van der Waals surface area contributed by atoms with Crippen LogP contribution in [-0.2, 0) is 17.9 Å². The van der Waals surface area contributed by atoms with E-state index in [4.69, 9.17) is 10.5 Å². The number of benzene rings is 2. The first kappa shape index (κ1) is 23.5. The molecule has 7 heteroatoms. The van der Waals surface area contributed by atoms with Crippen molar-refractivity contribution in [3.8, 4) is 5.75 Å². The molecule has 0 atom stereocenters. The molecular weight excluding hydrogens is 418 g/mol. The van der Waals surface area contributed by atoms with E-state index in [0.29, 0.717) is 19.6 Å². The Hall–Kier alpha value is -4.13. The number of hydrogen-bond acceptors (Lipinski definition) is 4. The zero-order valence-electron chi connectivity index (χ0n) is 18.5. The second kappa shape index (κ2) is 11.5. The van der Waals surface area contributed by atoms with Gasteiger partial charge in [0, 0.05) is 23.5 Å². The number of fused-ring (bicyclic) bond motifs is 1. The summed E-state index contributed by atoms with van der Waals surface area (Å²) in [5, 5.41) is 10.1. The summed E-state index contributed by atoms with van der Waals surface area (Å²) in [5.74, 6) is -0.354. The lowest BCUT2D eigenvalue weighted by Crippen LogP contribution is -2.08. The smallest absolute Gasteiger partial charge is 0.335 e. The number of carboxylic acid groups (broad SMARTS) is 1. The number of carbonyl (C=O) groups is 2. The summed E-state index contributed by atoms with van der Waals surface area (Å²) in [4.78, 5) is 25.5. The molecule has 0 radical (unpaired) electrons. The van der Waals surface area contributed by atoms with Gasteiger partial charge in [0.2, 0.25) is 5.91 Å². The predicted molar refractivity (Wildman–Crippen MR) is 127 cm³/mol. The zero-order chi connectivity index (χ0) is 23.6. The van der Waals surface area contributed by atoms with Crippen molar-refractivity contribution in [1.29, 1.82) is 0 Å². The number of carboxylic acids is 1. The van der Waals surface area contributed by atoms with E-state index in [1.165, 1.54) is 0 Å². The summed E-state index contributed by atoms with van der Waals surface area (Å²) < 4.78 is 8.04. The van der Waals surface area contributed by atoms with Crippen molar-refractivity contribution in [2.24, 2.45) is 5.73 Å².